The van der Waals surface area contributed by atoms with Crippen LogP contribution < -0.4 is 5.73 Å². The number of nitrogens with two attached hydrogens (primary N) is 1. The van der Waals surface area contributed by atoms with Crippen LogP contribution in [-0.4, -0.2) is 26.8 Å². The Labute approximate surface area is 117 Å². The molecule has 108 valence electrons. The number of tetrazole rings is 1. The van der Waals surface area contributed by atoms with Crippen molar-refractivity contribution in [1.29, 1.82) is 0 Å². The molecule has 20 heavy (non-hydrogen) atoms. The van der Waals surface area contributed by atoms with Gasteiger partial charge in [-0.25, -0.2) is 4.68 Å². The van der Waals surface area contributed by atoms with Crippen LogP contribution in [-0.2, 0) is 19.6 Å². The Morgan fingerprint density at radius 1 is 1.35 bits per heavy atom. The standard InChI is InChI=1S/C11H12F3N5S/c1-19-10(16-17-18-19)20-8-3-2-7(4-5-15)9(6-8)11(12,13)14/h2-3,6H,4-5,15H2,1H3. The number of hydrogen-bond donors (Lipinski definition) is 1. The molecule has 0 amide bonds. The number of rotatable bonds is 4. The van der Waals surface area contributed by atoms with Gasteiger partial charge >= 0.3 is 6.18 Å². The van der Waals surface area contributed by atoms with Crippen LogP contribution in [0.3, 0.4) is 0 Å². The average Bonchev–Trinajstić information content (AvgIpc) is 2.76. The van der Waals surface area contributed by atoms with Gasteiger partial charge in [-0.2, -0.15) is 13.2 Å². The van der Waals surface area contributed by atoms with Crippen molar-refractivity contribution < 1.29 is 13.2 Å². The zero-order valence-corrected chi connectivity index (χ0v) is 11.4. The molecule has 0 fully saturated rings. The Kier molecular flexibility index (Phi) is 4.29. The van der Waals surface area contributed by atoms with E-state index in [1.54, 1.807) is 13.1 Å². The molecule has 0 spiro atoms. The Morgan fingerprint density at radius 3 is 2.65 bits per heavy atom. The molecule has 0 atom stereocenters. The summed E-state index contributed by atoms with van der Waals surface area (Å²) in [5, 5.41) is 11.2. The van der Waals surface area contributed by atoms with Crippen molar-refractivity contribution in [2.24, 2.45) is 12.8 Å². The van der Waals surface area contributed by atoms with E-state index in [2.05, 4.69) is 15.5 Å². The summed E-state index contributed by atoms with van der Waals surface area (Å²) in [6.07, 6.45) is -4.22. The molecule has 1 aromatic heterocycles. The third-order valence-electron chi connectivity index (χ3n) is 2.59. The third kappa shape index (κ3) is 3.28. The van der Waals surface area contributed by atoms with Gasteiger partial charge in [0.05, 0.1) is 5.56 Å². The molecule has 0 radical (unpaired) electrons. The Morgan fingerprint density at radius 2 is 2.10 bits per heavy atom. The lowest BCUT2D eigenvalue weighted by Crippen LogP contribution is -2.12. The van der Waals surface area contributed by atoms with Crippen molar-refractivity contribution >= 4 is 11.8 Å². The molecule has 0 unspecified atom stereocenters. The van der Waals surface area contributed by atoms with E-state index in [4.69, 9.17) is 5.73 Å². The minimum atomic E-state index is -4.40. The monoisotopic (exact) mass is 303 g/mol. The summed E-state index contributed by atoms with van der Waals surface area (Å²) < 4.78 is 40.4. The van der Waals surface area contributed by atoms with Crippen LogP contribution in [0.2, 0.25) is 0 Å². The van der Waals surface area contributed by atoms with E-state index in [0.717, 1.165) is 17.8 Å². The van der Waals surface area contributed by atoms with E-state index in [1.165, 1.54) is 10.7 Å². The van der Waals surface area contributed by atoms with Crippen LogP contribution in [0.4, 0.5) is 13.2 Å². The topological polar surface area (TPSA) is 69.6 Å². The van der Waals surface area contributed by atoms with Gasteiger partial charge in [0.15, 0.2) is 0 Å². The second kappa shape index (κ2) is 5.80. The molecule has 2 N–H and O–H groups in total. The molecule has 0 bridgehead atoms. The van der Waals surface area contributed by atoms with Gasteiger partial charge in [0, 0.05) is 11.9 Å². The van der Waals surface area contributed by atoms with E-state index in [0.29, 0.717) is 10.1 Å². The summed E-state index contributed by atoms with van der Waals surface area (Å²) in [6, 6.07) is 4.16. The number of hydrogen-bond acceptors (Lipinski definition) is 5. The van der Waals surface area contributed by atoms with Gasteiger partial charge in [0.1, 0.15) is 0 Å². The molecule has 0 aliphatic heterocycles. The Balaban J connectivity index is 2.34. The minimum Gasteiger partial charge on any atom is -0.330 e. The predicted molar refractivity (Wildman–Crippen MR) is 67.1 cm³/mol. The SMILES string of the molecule is Cn1nnnc1Sc1ccc(CCN)c(C(F)(F)F)c1. The lowest BCUT2D eigenvalue weighted by Gasteiger charge is -2.13. The van der Waals surface area contributed by atoms with Crippen molar-refractivity contribution in [1.82, 2.24) is 20.2 Å². The highest BCUT2D eigenvalue weighted by atomic mass is 32.2. The van der Waals surface area contributed by atoms with E-state index >= 15 is 0 Å². The van der Waals surface area contributed by atoms with Gasteiger partial charge in [0.25, 0.3) is 0 Å². The van der Waals surface area contributed by atoms with Gasteiger partial charge in [-0.05, 0) is 52.9 Å². The summed E-state index contributed by atoms with van der Waals surface area (Å²) in [4.78, 5) is 0.427. The van der Waals surface area contributed by atoms with Gasteiger partial charge in [0.2, 0.25) is 5.16 Å². The quantitative estimate of drug-likeness (QED) is 0.934. The van der Waals surface area contributed by atoms with Crippen LogP contribution in [0.15, 0.2) is 28.3 Å². The van der Waals surface area contributed by atoms with Gasteiger partial charge in [-0.15, -0.1) is 5.10 Å². The summed E-state index contributed by atoms with van der Waals surface area (Å²) in [6.45, 7) is 0.169. The molecule has 0 saturated carbocycles. The number of alkyl halides is 3. The lowest BCUT2D eigenvalue weighted by molar-refractivity contribution is -0.138. The van der Waals surface area contributed by atoms with Crippen molar-refractivity contribution in [2.45, 2.75) is 22.6 Å². The average molecular weight is 303 g/mol. The molecule has 0 saturated heterocycles. The molecule has 9 heteroatoms. The minimum absolute atomic E-state index is 0.169. The van der Waals surface area contributed by atoms with Crippen LogP contribution in [0, 0.1) is 0 Å². The van der Waals surface area contributed by atoms with Crippen molar-refractivity contribution in [3.63, 3.8) is 0 Å². The first-order valence-corrected chi connectivity index (χ1v) is 6.54. The van der Waals surface area contributed by atoms with Gasteiger partial charge < -0.3 is 5.73 Å². The number of aryl methyl sites for hydroxylation is 1. The van der Waals surface area contributed by atoms with Crippen molar-refractivity contribution in [3.05, 3.63) is 29.3 Å². The molecule has 2 aromatic rings. The Bertz CT molecular complexity index is 596. The van der Waals surface area contributed by atoms with Gasteiger partial charge in [-0.3, -0.25) is 0 Å². The molecule has 0 aliphatic rings. The van der Waals surface area contributed by atoms with Crippen molar-refractivity contribution in [3.8, 4) is 0 Å². The number of aromatic nitrogens is 4. The summed E-state index contributed by atoms with van der Waals surface area (Å²) >= 11 is 1.07. The van der Waals surface area contributed by atoms with Gasteiger partial charge in [-0.1, -0.05) is 6.07 Å². The fraction of sp³-hybridized carbons (Fsp3) is 0.364. The third-order valence-corrected chi connectivity index (χ3v) is 3.61. The molecule has 1 aromatic carbocycles. The maximum atomic E-state index is 13.0. The number of nitrogens with zero attached hydrogens (tertiary/aromatic N) is 4. The second-order valence-electron chi connectivity index (χ2n) is 4.04. The normalized spacial score (nSPS) is 11.8. The van der Waals surface area contributed by atoms with E-state index in [9.17, 15) is 13.2 Å². The predicted octanol–water partition coefficient (Wildman–Crippen LogP) is 1.88. The zero-order chi connectivity index (χ0) is 14.8. The largest absolute Gasteiger partial charge is 0.416 e. The van der Waals surface area contributed by atoms with Crippen LogP contribution in [0.5, 0.6) is 0 Å². The Hall–Kier alpha value is -1.61. The fourth-order valence-electron chi connectivity index (χ4n) is 1.67. The van der Waals surface area contributed by atoms with Crippen LogP contribution >= 0.6 is 11.8 Å². The van der Waals surface area contributed by atoms with Crippen molar-refractivity contribution in [2.75, 3.05) is 6.54 Å². The molecular formula is C11H12F3N5S. The highest BCUT2D eigenvalue weighted by Crippen LogP contribution is 2.36. The zero-order valence-electron chi connectivity index (χ0n) is 10.6. The summed E-state index contributed by atoms with van der Waals surface area (Å²) in [7, 11) is 1.62. The maximum absolute atomic E-state index is 13.0. The number of benzene rings is 1. The molecule has 5 nitrogen and oxygen atoms in total. The van der Waals surface area contributed by atoms with Crippen LogP contribution in [0.25, 0.3) is 0 Å². The second-order valence-corrected chi connectivity index (χ2v) is 5.08. The van der Waals surface area contributed by atoms with Crippen LogP contribution in [0.1, 0.15) is 11.1 Å². The molecule has 1 heterocycles. The number of halogens is 3. The summed E-state index contributed by atoms with van der Waals surface area (Å²) in [5.41, 5.74) is 4.87. The first-order chi connectivity index (χ1) is 9.41. The molecular weight excluding hydrogens is 291 g/mol. The highest BCUT2D eigenvalue weighted by Gasteiger charge is 2.33. The van der Waals surface area contributed by atoms with E-state index in [1.807, 2.05) is 0 Å². The highest BCUT2D eigenvalue weighted by molar-refractivity contribution is 7.99. The first kappa shape index (κ1) is 14.8. The molecule has 2 rings (SSSR count). The smallest absolute Gasteiger partial charge is 0.330 e. The fourth-order valence-corrected chi connectivity index (χ4v) is 2.44. The van der Waals surface area contributed by atoms with E-state index < -0.39 is 11.7 Å². The van der Waals surface area contributed by atoms with E-state index in [-0.39, 0.29) is 18.5 Å². The maximum Gasteiger partial charge on any atom is 0.416 e. The lowest BCUT2D eigenvalue weighted by atomic mass is 10.0. The summed E-state index contributed by atoms with van der Waals surface area (Å²) in [5.74, 6) is 0. The first-order valence-electron chi connectivity index (χ1n) is 5.72. The molecule has 0 aliphatic carbocycles.